The van der Waals surface area contributed by atoms with Gasteiger partial charge in [-0.05, 0) is 49.8 Å². The molecule has 0 bridgehead atoms. The number of nitrogens with one attached hydrogen (secondary N) is 1. The molecule has 7 heteroatoms. The number of rotatable bonds is 6. The van der Waals surface area contributed by atoms with E-state index in [0.29, 0.717) is 17.2 Å². The van der Waals surface area contributed by atoms with Crippen molar-refractivity contribution in [2.45, 2.75) is 20.0 Å². The molecule has 2 rings (SSSR count). The Kier molecular flexibility index (Phi) is 6.77. The molecule has 0 spiro atoms. The van der Waals surface area contributed by atoms with Crippen LogP contribution in [0.3, 0.4) is 0 Å². The van der Waals surface area contributed by atoms with Crippen LogP contribution in [0.4, 0.5) is 11.4 Å². The Morgan fingerprint density at radius 2 is 1.81 bits per heavy atom. The molecule has 0 aliphatic heterocycles. The lowest BCUT2D eigenvalue weighted by molar-refractivity contribution is -0.111. The fraction of sp³-hybridized carbons (Fsp3) is 0.211. The van der Waals surface area contributed by atoms with Crippen molar-refractivity contribution in [3.63, 3.8) is 0 Å². The highest BCUT2D eigenvalue weighted by atomic mass is 35.5. The van der Waals surface area contributed by atoms with E-state index < -0.39 is 0 Å². The van der Waals surface area contributed by atoms with Gasteiger partial charge >= 0.3 is 0 Å². The number of hydrogen-bond acceptors (Lipinski definition) is 4. The first-order valence-corrected chi connectivity index (χ1v) is 8.64. The molecule has 5 nitrogen and oxygen atoms in total. The number of amides is 1. The summed E-state index contributed by atoms with van der Waals surface area (Å²) in [5.74, 6) is 0.914. The molecule has 0 radical (unpaired) electrons. The zero-order chi connectivity index (χ0) is 19.3. The number of halogens is 2. The van der Waals surface area contributed by atoms with E-state index in [9.17, 15) is 4.79 Å². The second-order valence-electron chi connectivity index (χ2n) is 5.75. The summed E-state index contributed by atoms with van der Waals surface area (Å²) in [5.41, 5.74) is 7.20. The van der Waals surface area contributed by atoms with Gasteiger partial charge in [0.05, 0.1) is 28.9 Å². The molecule has 0 aromatic heterocycles. The first-order chi connectivity index (χ1) is 12.3. The fourth-order valence-electron chi connectivity index (χ4n) is 2.15. The van der Waals surface area contributed by atoms with E-state index in [-0.39, 0.29) is 27.7 Å². The van der Waals surface area contributed by atoms with Gasteiger partial charge in [-0.25, -0.2) is 0 Å². The summed E-state index contributed by atoms with van der Waals surface area (Å²) in [7, 11) is 1.57. The van der Waals surface area contributed by atoms with Gasteiger partial charge < -0.3 is 20.5 Å². The van der Waals surface area contributed by atoms with Crippen LogP contribution in [0.2, 0.25) is 10.0 Å². The fourth-order valence-corrected chi connectivity index (χ4v) is 2.64. The maximum Gasteiger partial charge on any atom is 0.248 e. The highest BCUT2D eigenvalue weighted by Gasteiger charge is 2.08. The van der Waals surface area contributed by atoms with E-state index in [1.807, 2.05) is 19.9 Å². The van der Waals surface area contributed by atoms with Gasteiger partial charge in [0, 0.05) is 11.8 Å². The van der Waals surface area contributed by atoms with E-state index in [1.165, 1.54) is 18.2 Å². The van der Waals surface area contributed by atoms with Crippen molar-refractivity contribution >= 4 is 46.6 Å². The lowest BCUT2D eigenvalue weighted by Crippen LogP contribution is -2.08. The van der Waals surface area contributed by atoms with Crippen molar-refractivity contribution in [3.8, 4) is 11.5 Å². The maximum atomic E-state index is 12.1. The third-order valence-corrected chi connectivity index (χ3v) is 3.95. The predicted molar refractivity (Wildman–Crippen MR) is 107 cm³/mol. The summed E-state index contributed by atoms with van der Waals surface area (Å²) in [6, 6.07) is 8.50. The molecule has 0 saturated carbocycles. The maximum absolute atomic E-state index is 12.1. The minimum Gasteiger partial charge on any atom is -0.493 e. The largest absolute Gasteiger partial charge is 0.493 e. The first-order valence-electron chi connectivity index (χ1n) is 7.88. The van der Waals surface area contributed by atoms with Crippen molar-refractivity contribution in [2.24, 2.45) is 0 Å². The summed E-state index contributed by atoms with van der Waals surface area (Å²) in [6.07, 6.45) is 3.10. The van der Waals surface area contributed by atoms with Gasteiger partial charge in [0.1, 0.15) is 0 Å². The van der Waals surface area contributed by atoms with Crippen LogP contribution in [0, 0.1) is 0 Å². The number of carbonyl (C=O) groups excluding carboxylic acids is 1. The summed E-state index contributed by atoms with van der Waals surface area (Å²) in [5, 5.41) is 3.24. The second kappa shape index (κ2) is 8.83. The SMILES string of the molecule is COc1cc(/C=C/C(=O)Nc2cc(Cl)c(N)c(Cl)c2)ccc1OC(C)C. The summed E-state index contributed by atoms with van der Waals surface area (Å²) in [6.45, 7) is 3.88. The number of carbonyl (C=O) groups is 1. The van der Waals surface area contributed by atoms with Gasteiger partial charge in [-0.3, -0.25) is 4.79 Å². The monoisotopic (exact) mass is 394 g/mol. The number of methoxy groups -OCH3 is 1. The molecule has 0 fully saturated rings. The standard InChI is InChI=1S/C19H20Cl2N2O3/c1-11(2)26-16-6-4-12(8-17(16)25-3)5-7-18(24)23-13-9-14(20)19(22)15(21)10-13/h4-11H,22H2,1-3H3,(H,23,24)/b7-5+. The molecular formula is C19H20Cl2N2O3. The van der Waals surface area contributed by atoms with Crippen molar-refractivity contribution in [1.29, 1.82) is 0 Å². The van der Waals surface area contributed by atoms with E-state index in [1.54, 1.807) is 25.3 Å². The highest BCUT2D eigenvalue weighted by Crippen LogP contribution is 2.31. The third kappa shape index (κ3) is 5.31. The van der Waals surface area contributed by atoms with Crippen LogP contribution in [-0.4, -0.2) is 19.1 Å². The van der Waals surface area contributed by atoms with Gasteiger partial charge in [-0.1, -0.05) is 29.3 Å². The molecule has 1 amide bonds. The number of hydrogen-bond donors (Lipinski definition) is 2. The molecule has 0 aliphatic carbocycles. The van der Waals surface area contributed by atoms with Crippen LogP contribution in [0.5, 0.6) is 11.5 Å². The Morgan fingerprint density at radius 1 is 1.15 bits per heavy atom. The molecule has 138 valence electrons. The highest BCUT2D eigenvalue weighted by molar-refractivity contribution is 6.39. The summed E-state index contributed by atoms with van der Waals surface area (Å²) < 4.78 is 11.0. The Morgan fingerprint density at radius 3 is 2.38 bits per heavy atom. The predicted octanol–water partition coefficient (Wildman–Crippen LogP) is 5.02. The van der Waals surface area contributed by atoms with Gasteiger partial charge in [-0.15, -0.1) is 0 Å². The smallest absolute Gasteiger partial charge is 0.248 e. The van der Waals surface area contributed by atoms with E-state index >= 15 is 0 Å². The van der Waals surface area contributed by atoms with E-state index in [0.717, 1.165) is 5.56 Å². The summed E-state index contributed by atoms with van der Waals surface area (Å²) in [4.78, 5) is 12.1. The molecule has 0 heterocycles. The Bertz CT molecular complexity index is 813. The molecule has 0 saturated heterocycles. The zero-order valence-electron chi connectivity index (χ0n) is 14.7. The number of ether oxygens (including phenoxy) is 2. The van der Waals surface area contributed by atoms with Crippen molar-refractivity contribution in [2.75, 3.05) is 18.2 Å². The topological polar surface area (TPSA) is 73.6 Å². The van der Waals surface area contributed by atoms with Crippen molar-refractivity contribution in [3.05, 3.63) is 52.0 Å². The molecule has 2 aromatic carbocycles. The molecule has 0 aliphatic rings. The normalized spacial score (nSPS) is 11.0. The summed E-state index contributed by atoms with van der Waals surface area (Å²) >= 11 is 11.9. The minimum absolute atomic E-state index is 0.0367. The van der Waals surface area contributed by atoms with Crippen molar-refractivity contribution < 1.29 is 14.3 Å². The van der Waals surface area contributed by atoms with Gasteiger partial charge in [0.25, 0.3) is 0 Å². The minimum atomic E-state index is -0.330. The van der Waals surface area contributed by atoms with Gasteiger partial charge in [0.2, 0.25) is 5.91 Å². The number of anilines is 2. The zero-order valence-corrected chi connectivity index (χ0v) is 16.2. The number of nitrogens with two attached hydrogens (primary N) is 1. The second-order valence-corrected chi connectivity index (χ2v) is 6.57. The lowest BCUT2D eigenvalue weighted by atomic mass is 10.2. The third-order valence-electron chi connectivity index (χ3n) is 3.32. The Labute approximate surface area is 162 Å². The molecule has 3 N–H and O–H groups in total. The Hall–Kier alpha value is -2.37. The van der Waals surface area contributed by atoms with Crippen molar-refractivity contribution in [1.82, 2.24) is 0 Å². The average molecular weight is 395 g/mol. The van der Waals surface area contributed by atoms with E-state index in [2.05, 4.69) is 5.32 Å². The first kappa shape index (κ1) is 19.9. The van der Waals surface area contributed by atoms with E-state index in [4.69, 9.17) is 38.4 Å². The molecule has 26 heavy (non-hydrogen) atoms. The number of benzene rings is 2. The lowest BCUT2D eigenvalue weighted by Gasteiger charge is -2.13. The molecule has 0 atom stereocenters. The van der Waals surface area contributed by atoms with Crippen LogP contribution >= 0.6 is 23.2 Å². The van der Waals surface area contributed by atoms with Crippen LogP contribution < -0.4 is 20.5 Å². The van der Waals surface area contributed by atoms with Crippen LogP contribution in [-0.2, 0) is 4.79 Å². The Balaban J connectivity index is 2.10. The van der Waals surface area contributed by atoms with Gasteiger partial charge in [0.15, 0.2) is 11.5 Å². The quantitative estimate of drug-likeness (QED) is 0.532. The van der Waals surface area contributed by atoms with Crippen LogP contribution in [0.25, 0.3) is 6.08 Å². The molecular weight excluding hydrogens is 375 g/mol. The molecule has 2 aromatic rings. The molecule has 0 unspecified atom stereocenters. The van der Waals surface area contributed by atoms with Crippen LogP contribution in [0.1, 0.15) is 19.4 Å². The van der Waals surface area contributed by atoms with Gasteiger partial charge in [-0.2, -0.15) is 0 Å². The number of nitrogen functional groups attached to an aromatic ring is 1. The van der Waals surface area contributed by atoms with Crippen LogP contribution in [0.15, 0.2) is 36.4 Å². The average Bonchev–Trinajstić information content (AvgIpc) is 2.58.